The van der Waals surface area contributed by atoms with Crippen LogP contribution >= 0.6 is 23.7 Å². The number of piperidine rings is 1. The topological polar surface area (TPSA) is 80.1 Å². The maximum Gasteiger partial charge on any atom is 0.279 e. The average Bonchev–Trinajstić information content (AvgIpc) is 3.16. The Balaban J connectivity index is 0.00000176. The zero-order valence-corrected chi connectivity index (χ0v) is 13.9. The van der Waals surface area contributed by atoms with Crippen molar-refractivity contribution in [2.75, 3.05) is 18.4 Å². The van der Waals surface area contributed by atoms with E-state index in [0.717, 1.165) is 25.9 Å². The van der Waals surface area contributed by atoms with Crippen LogP contribution in [0.5, 0.6) is 0 Å². The highest BCUT2D eigenvalue weighted by atomic mass is 35.5. The first-order chi connectivity index (χ1) is 10.3. The van der Waals surface area contributed by atoms with E-state index in [1.165, 1.54) is 11.3 Å². The largest absolute Gasteiger partial charge is 0.448 e. The normalized spacial score (nSPS) is 15.3. The molecule has 2 aromatic rings. The number of nitrogens with zero attached hydrogens (tertiary/aromatic N) is 2. The first-order valence-corrected chi connectivity index (χ1v) is 7.99. The summed E-state index contributed by atoms with van der Waals surface area (Å²) in [6, 6.07) is 0. The Morgan fingerprint density at radius 3 is 2.95 bits per heavy atom. The van der Waals surface area contributed by atoms with Crippen molar-refractivity contribution in [2.24, 2.45) is 0 Å². The predicted octanol–water partition coefficient (Wildman–Crippen LogP) is 2.83. The number of halogens is 1. The Hall–Kier alpha value is -1.44. The van der Waals surface area contributed by atoms with Crippen LogP contribution in [0.4, 0.5) is 5.13 Å². The predicted molar refractivity (Wildman–Crippen MR) is 88.0 cm³/mol. The van der Waals surface area contributed by atoms with Crippen LogP contribution in [-0.2, 0) is 6.42 Å². The first-order valence-electron chi connectivity index (χ1n) is 7.18. The molecule has 0 spiro atoms. The van der Waals surface area contributed by atoms with Gasteiger partial charge in [-0.3, -0.25) is 10.1 Å². The molecule has 3 rings (SSSR count). The fourth-order valence-electron chi connectivity index (χ4n) is 2.50. The highest BCUT2D eigenvalue weighted by Crippen LogP contribution is 2.31. The summed E-state index contributed by atoms with van der Waals surface area (Å²) in [5.41, 5.74) is 0.344. The Bertz CT molecular complexity index is 622. The van der Waals surface area contributed by atoms with Crippen LogP contribution in [0.1, 0.15) is 46.8 Å². The van der Waals surface area contributed by atoms with Crippen LogP contribution in [0.15, 0.2) is 17.0 Å². The fourth-order valence-corrected chi connectivity index (χ4v) is 3.48. The van der Waals surface area contributed by atoms with Crippen LogP contribution < -0.4 is 10.6 Å². The monoisotopic (exact) mass is 342 g/mol. The van der Waals surface area contributed by atoms with Crippen LogP contribution in [0.25, 0.3) is 0 Å². The summed E-state index contributed by atoms with van der Waals surface area (Å²) in [6.45, 7) is 4.02. The highest BCUT2D eigenvalue weighted by Gasteiger charge is 2.20. The van der Waals surface area contributed by atoms with E-state index < -0.39 is 0 Å². The quantitative estimate of drug-likeness (QED) is 0.893. The summed E-state index contributed by atoms with van der Waals surface area (Å²) >= 11 is 1.55. The number of hydrogen-bond donors (Lipinski definition) is 2. The van der Waals surface area contributed by atoms with Gasteiger partial charge in [-0.1, -0.05) is 6.92 Å². The van der Waals surface area contributed by atoms with Crippen LogP contribution in [0.2, 0.25) is 0 Å². The second kappa shape index (κ2) is 7.71. The van der Waals surface area contributed by atoms with Crippen LogP contribution in [-0.4, -0.2) is 29.0 Å². The molecule has 0 bridgehead atoms. The SMILES string of the molecule is CCc1ocnc1C(=O)Nc1ncc(C2CCNCC2)s1.Cl. The number of carbonyl (C=O) groups is 1. The number of aryl methyl sites for hydroxylation is 1. The third-order valence-electron chi connectivity index (χ3n) is 3.66. The minimum atomic E-state index is -0.258. The lowest BCUT2D eigenvalue weighted by Gasteiger charge is -2.20. The molecule has 22 heavy (non-hydrogen) atoms. The highest BCUT2D eigenvalue weighted by molar-refractivity contribution is 7.15. The Morgan fingerprint density at radius 1 is 1.45 bits per heavy atom. The summed E-state index contributed by atoms with van der Waals surface area (Å²) in [5.74, 6) is 0.891. The zero-order chi connectivity index (χ0) is 14.7. The summed E-state index contributed by atoms with van der Waals surface area (Å²) in [7, 11) is 0. The van der Waals surface area contributed by atoms with E-state index in [0.29, 0.717) is 28.9 Å². The Labute approximate surface area is 139 Å². The number of amides is 1. The number of thiazole rings is 1. The fraction of sp³-hybridized carbons (Fsp3) is 0.500. The van der Waals surface area contributed by atoms with E-state index in [1.807, 2.05) is 13.1 Å². The van der Waals surface area contributed by atoms with Gasteiger partial charge in [0.05, 0.1) is 0 Å². The maximum absolute atomic E-state index is 12.2. The van der Waals surface area contributed by atoms with Gasteiger partial charge in [0.2, 0.25) is 0 Å². The van der Waals surface area contributed by atoms with Crippen LogP contribution in [0.3, 0.4) is 0 Å². The van der Waals surface area contributed by atoms with Gasteiger partial charge in [-0.05, 0) is 31.8 Å². The molecule has 2 N–H and O–H groups in total. The van der Waals surface area contributed by atoms with Crippen molar-refractivity contribution < 1.29 is 9.21 Å². The number of oxazole rings is 1. The molecule has 0 aromatic carbocycles. The van der Waals surface area contributed by atoms with E-state index in [1.54, 1.807) is 11.3 Å². The van der Waals surface area contributed by atoms with Gasteiger partial charge in [0, 0.05) is 17.5 Å². The number of hydrogen-bond acceptors (Lipinski definition) is 6. The first kappa shape index (κ1) is 16.9. The molecule has 1 amide bonds. The zero-order valence-electron chi connectivity index (χ0n) is 12.3. The molecule has 0 radical (unpaired) electrons. The lowest BCUT2D eigenvalue weighted by atomic mass is 9.97. The van der Waals surface area contributed by atoms with Gasteiger partial charge in [0.1, 0.15) is 5.76 Å². The number of carbonyl (C=O) groups excluding carboxylic acids is 1. The molecule has 1 saturated heterocycles. The van der Waals surface area contributed by atoms with Gasteiger partial charge in [0.15, 0.2) is 17.2 Å². The molecule has 0 atom stereocenters. The van der Waals surface area contributed by atoms with E-state index in [9.17, 15) is 4.79 Å². The van der Waals surface area contributed by atoms with Gasteiger partial charge in [-0.15, -0.1) is 23.7 Å². The number of anilines is 1. The Morgan fingerprint density at radius 2 is 2.23 bits per heavy atom. The minimum absolute atomic E-state index is 0. The van der Waals surface area contributed by atoms with E-state index in [-0.39, 0.29) is 18.3 Å². The van der Waals surface area contributed by atoms with Gasteiger partial charge in [-0.2, -0.15) is 0 Å². The molecule has 1 aliphatic heterocycles. The number of nitrogens with one attached hydrogen (secondary N) is 2. The second-order valence-electron chi connectivity index (χ2n) is 5.02. The van der Waals surface area contributed by atoms with Crippen molar-refractivity contribution in [3.05, 3.63) is 28.9 Å². The summed E-state index contributed by atoms with van der Waals surface area (Å²) < 4.78 is 5.18. The van der Waals surface area contributed by atoms with Crippen LogP contribution in [0, 0.1) is 0 Å². The molecule has 0 aliphatic carbocycles. The maximum atomic E-state index is 12.2. The molecule has 0 saturated carbocycles. The lowest BCUT2D eigenvalue weighted by Crippen LogP contribution is -2.26. The van der Waals surface area contributed by atoms with E-state index in [2.05, 4.69) is 20.6 Å². The molecule has 1 aliphatic rings. The molecular weight excluding hydrogens is 324 g/mol. The number of rotatable bonds is 4. The third kappa shape index (κ3) is 3.66. The lowest BCUT2D eigenvalue weighted by molar-refractivity contribution is 0.102. The van der Waals surface area contributed by atoms with Gasteiger partial charge >= 0.3 is 0 Å². The molecule has 2 aromatic heterocycles. The molecule has 120 valence electrons. The van der Waals surface area contributed by atoms with Crippen molar-refractivity contribution in [1.82, 2.24) is 15.3 Å². The third-order valence-corrected chi connectivity index (χ3v) is 4.74. The van der Waals surface area contributed by atoms with Gasteiger partial charge in [0.25, 0.3) is 5.91 Å². The molecular formula is C14H19ClN4O2S. The smallest absolute Gasteiger partial charge is 0.279 e. The summed E-state index contributed by atoms with van der Waals surface area (Å²) in [4.78, 5) is 21.7. The molecule has 6 nitrogen and oxygen atoms in total. The standard InChI is InChI=1S/C14H18N4O2S.ClH/c1-2-10-12(17-8-20-10)13(19)18-14-16-7-11(21-14)9-3-5-15-6-4-9;/h7-9,15H,2-6H2,1H3,(H,16,18,19);1H. The minimum Gasteiger partial charge on any atom is -0.448 e. The van der Waals surface area contributed by atoms with Crippen molar-refractivity contribution in [1.29, 1.82) is 0 Å². The Kier molecular flexibility index (Phi) is 5.93. The number of aromatic nitrogens is 2. The molecule has 0 unspecified atom stereocenters. The second-order valence-corrected chi connectivity index (χ2v) is 6.09. The van der Waals surface area contributed by atoms with Crippen molar-refractivity contribution >= 4 is 34.8 Å². The van der Waals surface area contributed by atoms with Gasteiger partial charge < -0.3 is 9.73 Å². The van der Waals surface area contributed by atoms with E-state index in [4.69, 9.17) is 4.42 Å². The molecule has 3 heterocycles. The van der Waals surface area contributed by atoms with Gasteiger partial charge in [-0.25, -0.2) is 9.97 Å². The molecule has 1 fully saturated rings. The van der Waals surface area contributed by atoms with Crippen molar-refractivity contribution in [3.63, 3.8) is 0 Å². The van der Waals surface area contributed by atoms with Crippen molar-refractivity contribution in [2.45, 2.75) is 32.1 Å². The average molecular weight is 343 g/mol. The molecule has 8 heteroatoms. The summed E-state index contributed by atoms with van der Waals surface area (Å²) in [5, 5.41) is 6.78. The summed E-state index contributed by atoms with van der Waals surface area (Å²) in [6.07, 6.45) is 6.06. The van der Waals surface area contributed by atoms with Crippen molar-refractivity contribution in [3.8, 4) is 0 Å². The van der Waals surface area contributed by atoms with E-state index >= 15 is 0 Å².